The quantitative estimate of drug-likeness (QED) is 0.856. The highest BCUT2D eigenvalue weighted by molar-refractivity contribution is 5.96. The summed E-state index contributed by atoms with van der Waals surface area (Å²) in [5, 5.41) is 3.94. The molecule has 0 radical (unpaired) electrons. The highest BCUT2D eigenvalue weighted by Gasteiger charge is 2.34. The lowest BCUT2D eigenvalue weighted by Gasteiger charge is -2.34. The average Bonchev–Trinajstić information content (AvgIpc) is 3.27. The van der Waals surface area contributed by atoms with Gasteiger partial charge in [-0.25, -0.2) is 0 Å². The Kier molecular flexibility index (Phi) is 4.76. The van der Waals surface area contributed by atoms with Crippen molar-refractivity contribution in [2.75, 3.05) is 26.2 Å². The highest BCUT2D eigenvalue weighted by atomic mass is 16.5. The predicted octanol–water partition coefficient (Wildman–Crippen LogP) is 2.87. The number of rotatable bonds is 4. The number of carbonyl (C=O) groups excluding carboxylic acids is 1. The predicted molar refractivity (Wildman–Crippen MR) is 89.4 cm³/mol. The van der Waals surface area contributed by atoms with Gasteiger partial charge in [0.05, 0.1) is 5.69 Å². The van der Waals surface area contributed by atoms with Crippen LogP contribution in [0.1, 0.15) is 54.9 Å². The van der Waals surface area contributed by atoms with Crippen LogP contribution in [0.25, 0.3) is 0 Å². The molecule has 0 bridgehead atoms. The molecule has 1 atom stereocenters. The Morgan fingerprint density at radius 2 is 2.04 bits per heavy atom. The Balaban J connectivity index is 1.76. The second-order valence-electron chi connectivity index (χ2n) is 7.55. The van der Waals surface area contributed by atoms with Gasteiger partial charge in [0, 0.05) is 32.2 Å². The van der Waals surface area contributed by atoms with Crippen molar-refractivity contribution in [2.45, 2.75) is 53.0 Å². The van der Waals surface area contributed by atoms with E-state index in [4.69, 9.17) is 4.52 Å². The Bertz CT molecular complexity index is 543. The first-order valence-corrected chi connectivity index (χ1v) is 8.93. The second kappa shape index (κ2) is 6.63. The Morgan fingerprint density at radius 3 is 2.61 bits per heavy atom. The number of carbonyl (C=O) groups is 1. The van der Waals surface area contributed by atoms with Crippen LogP contribution < -0.4 is 0 Å². The molecule has 1 aromatic heterocycles. The number of hydrogen-bond donors (Lipinski definition) is 0. The molecule has 0 N–H and O–H groups in total. The summed E-state index contributed by atoms with van der Waals surface area (Å²) in [5.74, 6) is 2.15. The third-order valence-electron chi connectivity index (χ3n) is 5.24. The normalized spacial score (nSPS) is 23.3. The molecule has 2 fully saturated rings. The van der Waals surface area contributed by atoms with Crippen LogP contribution in [0.2, 0.25) is 0 Å². The lowest BCUT2D eigenvalue weighted by Crippen LogP contribution is -2.46. The summed E-state index contributed by atoms with van der Waals surface area (Å²) in [5.41, 5.74) is 1.36. The van der Waals surface area contributed by atoms with Crippen molar-refractivity contribution in [2.24, 2.45) is 11.8 Å². The van der Waals surface area contributed by atoms with Gasteiger partial charge in [-0.1, -0.05) is 19.0 Å². The standard InChI is InChI=1S/C18H29N3O2/c1-12(2)16-11-21(9-5-8-20(16)10-15-6-7-15)18(22)17-13(3)19-23-14(17)4/h12,15-16H,5-11H2,1-4H3. The van der Waals surface area contributed by atoms with Crippen LogP contribution in [0.4, 0.5) is 0 Å². The van der Waals surface area contributed by atoms with Crippen molar-refractivity contribution in [3.8, 4) is 0 Å². The topological polar surface area (TPSA) is 49.6 Å². The van der Waals surface area contributed by atoms with E-state index in [1.54, 1.807) is 0 Å². The van der Waals surface area contributed by atoms with Crippen molar-refractivity contribution < 1.29 is 9.32 Å². The van der Waals surface area contributed by atoms with Gasteiger partial charge in [-0.2, -0.15) is 0 Å². The molecular weight excluding hydrogens is 290 g/mol. The van der Waals surface area contributed by atoms with Crippen molar-refractivity contribution >= 4 is 5.91 Å². The minimum Gasteiger partial charge on any atom is -0.361 e. The average molecular weight is 319 g/mol. The molecule has 2 heterocycles. The van der Waals surface area contributed by atoms with Crippen LogP contribution in [0.3, 0.4) is 0 Å². The first kappa shape index (κ1) is 16.5. The zero-order chi connectivity index (χ0) is 16.6. The lowest BCUT2D eigenvalue weighted by atomic mass is 10.0. The third-order valence-corrected chi connectivity index (χ3v) is 5.24. The summed E-state index contributed by atoms with van der Waals surface area (Å²) >= 11 is 0. The van der Waals surface area contributed by atoms with E-state index in [-0.39, 0.29) is 5.91 Å². The van der Waals surface area contributed by atoms with Gasteiger partial charge >= 0.3 is 0 Å². The minimum absolute atomic E-state index is 0.0835. The van der Waals surface area contributed by atoms with E-state index in [0.717, 1.165) is 32.0 Å². The Morgan fingerprint density at radius 1 is 1.30 bits per heavy atom. The zero-order valence-electron chi connectivity index (χ0n) is 14.8. The molecule has 3 rings (SSSR count). The number of amides is 1. The van der Waals surface area contributed by atoms with Gasteiger partial charge in [0.1, 0.15) is 11.3 Å². The molecule has 5 nitrogen and oxygen atoms in total. The Hall–Kier alpha value is -1.36. The summed E-state index contributed by atoms with van der Waals surface area (Å²) in [7, 11) is 0. The van der Waals surface area contributed by atoms with Crippen LogP contribution in [0, 0.1) is 25.7 Å². The summed E-state index contributed by atoms with van der Waals surface area (Å²) in [6.07, 6.45) is 3.80. The Labute approximate surface area is 139 Å². The molecule has 1 saturated heterocycles. The van der Waals surface area contributed by atoms with Crippen LogP contribution in [0.5, 0.6) is 0 Å². The number of aryl methyl sites for hydroxylation is 2. The maximum atomic E-state index is 13.0. The van der Waals surface area contributed by atoms with Crippen LogP contribution >= 0.6 is 0 Å². The van der Waals surface area contributed by atoms with E-state index in [2.05, 4.69) is 23.9 Å². The van der Waals surface area contributed by atoms with Gasteiger partial charge in [0.2, 0.25) is 0 Å². The first-order valence-electron chi connectivity index (χ1n) is 8.93. The van der Waals surface area contributed by atoms with Gasteiger partial charge in [0.15, 0.2) is 0 Å². The molecule has 1 aliphatic heterocycles. The van der Waals surface area contributed by atoms with Gasteiger partial charge < -0.3 is 9.42 Å². The van der Waals surface area contributed by atoms with E-state index < -0.39 is 0 Å². The van der Waals surface area contributed by atoms with Gasteiger partial charge in [-0.05, 0) is 44.9 Å². The number of nitrogens with zero attached hydrogens (tertiary/aromatic N) is 3. The minimum atomic E-state index is 0.0835. The molecule has 5 heteroatoms. The molecule has 1 aliphatic carbocycles. The first-order chi connectivity index (χ1) is 11.0. The summed E-state index contributed by atoms with van der Waals surface area (Å²) in [6.45, 7) is 12.2. The van der Waals surface area contributed by atoms with Crippen molar-refractivity contribution in [1.29, 1.82) is 0 Å². The van der Waals surface area contributed by atoms with E-state index in [1.807, 2.05) is 18.7 Å². The van der Waals surface area contributed by atoms with Crippen molar-refractivity contribution in [3.05, 3.63) is 17.0 Å². The van der Waals surface area contributed by atoms with Gasteiger partial charge in [0.25, 0.3) is 5.91 Å². The molecule has 0 aromatic carbocycles. The fraction of sp³-hybridized carbons (Fsp3) is 0.778. The SMILES string of the molecule is Cc1noc(C)c1C(=O)N1CCCN(CC2CC2)C(C(C)C)C1. The second-order valence-corrected chi connectivity index (χ2v) is 7.55. The maximum absolute atomic E-state index is 13.0. The fourth-order valence-corrected chi connectivity index (χ4v) is 3.69. The van der Waals surface area contributed by atoms with Gasteiger partial charge in [-0.3, -0.25) is 9.69 Å². The highest BCUT2D eigenvalue weighted by Crippen LogP contribution is 2.32. The van der Waals surface area contributed by atoms with Crippen molar-refractivity contribution in [3.63, 3.8) is 0 Å². The molecule has 128 valence electrons. The molecule has 1 unspecified atom stereocenters. The van der Waals surface area contributed by atoms with Crippen molar-refractivity contribution in [1.82, 2.24) is 15.0 Å². The molecule has 0 spiro atoms. The fourth-order valence-electron chi connectivity index (χ4n) is 3.69. The van der Waals surface area contributed by atoms with Crippen LogP contribution in [0.15, 0.2) is 4.52 Å². The van der Waals surface area contributed by atoms with E-state index in [1.165, 1.54) is 19.4 Å². The molecule has 2 aliphatic rings. The monoisotopic (exact) mass is 319 g/mol. The molecule has 1 amide bonds. The lowest BCUT2D eigenvalue weighted by molar-refractivity contribution is 0.0702. The largest absolute Gasteiger partial charge is 0.361 e. The molecular formula is C18H29N3O2. The van der Waals surface area contributed by atoms with Gasteiger partial charge in [-0.15, -0.1) is 0 Å². The third kappa shape index (κ3) is 3.60. The summed E-state index contributed by atoms with van der Waals surface area (Å²) in [4.78, 5) is 17.6. The zero-order valence-corrected chi connectivity index (χ0v) is 14.8. The maximum Gasteiger partial charge on any atom is 0.259 e. The van der Waals surface area contributed by atoms with E-state index in [9.17, 15) is 4.79 Å². The molecule has 23 heavy (non-hydrogen) atoms. The molecule has 1 aromatic rings. The van der Waals surface area contributed by atoms with E-state index >= 15 is 0 Å². The number of aromatic nitrogens is 1. The smallest absolute Gasteiger partial charge is 0.259 e. The van der Waals surface area contributed by atoms with Crippen LogP contribution in [-0.4, -0.2) is 53.1 Å². The summed E-state index contributed by atoms with van der Waals surface area (Å²) in [6, 6.07) is 0.447. The van der Waals surface area contributed by atoms with E-state index in [0.29, 0.717) is 29.0 Å². The molecule has 1 saturated carbocycles. The van der Waals surface area contributed by atoms with Crippen LogP contribution in [-0.2, 0) is 0 Å². The number of hydrogen-bond acceptors (Lipinski definition) is 4. The summed E-state index contributed by atoms with van der Waals surface area (Å²) < 4.78 is 5.19.